The number of nitrogens with zero attached hydrogens (tertiary/aromatic N) is 4. The molecule has 2 aliphatic rings. The fourth-order valence-corrected chi connectivity index (χ4v) is 1.63. The van der Waals surface area contributed by atoms with Gasteiger partial charge in [0.1, 0.15) is 11.9 Å². The van der Waals surface area contributed by atoms with E-state index >= 15 is 0 Å². The summed E-state index contributed by atoms with van der Waals surface area (Å²) in [6.45, 7) is 4.14. The molecule has 0 saturated carbocycles. The normalized spacial score (nSPS) is 30.4. The Morgan fingerprint density at radius 1 is 1.43 bits per heavy atom. The maximum absolute atomic E-state index is 5.72. The number of hydrogen-bond acceptors (Lipinski definition) is 6. The van der Waals surface area contributed by atoms with Crippen LogP contribution in [-0.2, 0) is 0 Å². The highest BCUT2D eigenvalue weighted by Crippen LogP contribution is 2.20. The molecule has 0 aromatic heterocycles. The van der Waals surface area contributed by atoms with Crippen LogP contribution in [0.25, 0.3) is 0 Å². The average Bonchev–Trinajstić information content (AvgIpc) is 2.47. The number of hydrogen-bond donors (Lipinski definition) is 2. The Bertz CT molecular complexity index is 329. The largest absolute Gasteiger partial charge is 0.385 e. The molecule has 0 aliphatic carbocycles. The van der Waals surface area contributed by atoms with Gasteiger partial charge in [0.05, 0.1) is 6.34 Å². The van der Waals surface area contributed by atoms with Gasteiger partial charge in [0, 0.05) is 6.04 Å². The first-order valence-electron chi connectivity index (χ1n) is 4.57. The minimum atomic E-state index is -0.162. The molecule has 4 N–H and O–H groups in total. The van der Waals surface area contributed by atoms with E-state index < -0.39 is 0 Å². The molecule has 2 unspecified atom stereocenters. The predicted molar refractivity (Wildman–Crippen MR) is 56.3 cm³/mol. The highest BCUT2D eigenvalue weighted by molar-refractivity contribution is 6.01. The van der Waals surface area contributed by atoms with Gasteiger partial charge in [-0.25, -0.2) is 4.99 Å². The third-order valence-electron chi connectivity index (χ3n) is 2.36. The second-order valence-corrected chi connectivity index (χ2v) is 3.69. The fourth-order valence-electron chi connectivity index (χ4n) is 1.63. The van der Waals surface area contributed by atoms with E-state index in [2.05, 4.69) is 28.8 Å². The molecular weight excluding hydrogens is 180 g/mol. The summed E-state index contributed by atoms with van der Waals surface area (Å²) in [7, 11) is 0. The topological polar surface area (TPSA) is 92.4 Å². The molecule has 0 bridgehead atoms. The predicted octanol–water partition coefficient (Wildman–Crippen LogP) is -0.881. The lowest BCUT2D eigenvalue weighted by Gasteiger charge is -2.29. The highest BCUT2D eigenvalue weighted by Gasteiger charge is 2.36. The fraction of sp³-hybridized carbons (Fsp3) is 0.625. The first-order valence-corrected chi connectivity index (χ1v) is 4.57. The minimum absolute atomic E-state index is 0.104. The molecule has 2 heterocycles. The summed E-state index contributed by atoms with van der Waals surface area (Å²) < 4.78 is 0. The highest BCUT2D eigenvalue weighted by atomic mass is 15.4. The smallest absolute Gasteiger partial charge is 0.219 e. The van der Waals surface area contributed by atoms with Crippen molar-refractivity contribution in [1.29, 1.82) is 0 Å². The van der Waals surface area contributed by atoms with Crippen LogP contribution < -0.4 is 11.5 Å². The van der Waals surface area contributed by atoms with Crippen LogP contribution in [0.5, 0.6) is 0 Å². The van der Waals surface area contributed by atoms with E-state index in [4.69, 9.17) is 11.5 Å². The third-order valence-corrected chi connectivity index (χ3v) is 2.36. The van der Waals surface area contributed by atoms with E-state index in [1.165, 1.54) is 0 Å². The second-order valence-electron chi connectivity index (χ2n) is 3.69. The Morgan fingerprint density at radius 3 is 2.79 bits per heavy atom. The molecule has 14 heavy (non-hydrogen) atoms. The van der Waals surface area contributed by atoms with Crippen LogP contribution in [0, 0.1) is 0 Å². The number of guanidine groups is 1. The van der Waals surface area contributed by atoms with E-state index in [-0.39, 0.29) is 18.2 Å². The molecule has 76 valence electrons. The van der Waals surface area contributed by atoms with Gasteiger partial charge in [-0.15, -0.1) is 0 Å². The maximum atomic E-state index is 5.72. The van der Waals surface area contributed by atoms with Crippen LogP contribution in [0.4, 0.5) is 0 Å². The monoisotopic (exact) mass is 194 g/mol. The zero-order valence-electron chi connectivity index (χ0n) is 8.25. The molecule has 0 aromatic carbocycles. The first kappa shape index (κ1) is 8.98. The number of amidine groups is 1. The lowest BCUT2D eigenvalue weighted by atomic mass is 10.2. The van der Waals surface area contributed by atoms with Crippen LogP contribution in [0.3, 0.4) is 0 Å². The Kier molecular flexibility index (Phi) is 1.90. The molecule has 0 aromatic rings. The van der Waals surface area contributed by atoms with Gasteiger partial charge in [-0.2, -0.15) is 4.99 Å². The molecule has 2 aliphatic heterocycles. The zero-order valence-corrected chi connectivity index (χ0v) is 8.25. The van der Waals surface area contributed by atoms with Crippen molar-refractivity contribution in [2.75, 3.05) is 0 Å². The van der Waals surface area contributed by atoms with Gasteiger partial charge in [-0.05, 0) is 13.8 Å². The van der Waals surface area contributed by atoms with Crippen LogP contribution in [0.2, 0.25) is 0 Å². The summed E-state index contributed by atoms with van der Waals surface area (Å²) in [6.07, 6.45) is 1.66. The number of aliphatic imine (C=N–C) groups is 3. The SMILES string of the molecule is CC(C)N1C=NC2C(N)=NC(N)=NC21. The minimum Gasteiger partial charge on any atom is -0.385 e. The zero-order chi connectivity index (χ0) is 10.3. The Morgan fingerprint density at radius 2 is 2.14 bits per heavy atom. The standard InChI is InChI=1S/C8H14N6/c1-4(2)14-3-11-5-6(9)12-8(10)13-7(5)14/h3-5,7H,1-2H3,(H4,9,10,12,13). The number of nitrogens with two attached hydrogens (primary N) is 2. The molecule has 6 nitrogen and oxygen atoms in total. The van der Waals surface area contributed by atoms with Crippen LogP contribution in [-0.4, -0.2) is 41.3 Å². The number of fused-ring (bicyclic) bond motifs is 1. The van der Waals surface area contributed by atoms with Gasteiger partial charge in [-0.1, -0.05) is 0 Å². The van der Waals surface area contributed by atoms with E-state index in [0.29, 0.717) is 11.9 Å². The molecule has 6 heteroatoms. The second kappa shape index (κ2) is 2.97. The lowest BCUT2D eigenvalue weighted by molar-refractivity contribution is 0.288. The maximum Gasteiger partial charge on any atom is 0.219 e. The third kappa shape index (κ3) is 1.23. The molecule has 0 amide bonds. The van der Waals surface area contributed by atoms with Gasteiger partial charge in [0.2, 0.25) is 5.96 Å². The Labute approximate surface area is 82.4 Å². The molecule has 2 atom stereocenters. The van der Waals surface area contributed by atoms with Gasteiger partial charge >= 0.3 is 0 Å². The van der Waals surface area contributed by atoms with E-state index in [0.717, 1.165) is 0 Å². The average molecular weight is 194 g/mol. The van der Waals surface area contributed by atoms with Crippen molar-refractivity contribution in [3.05, 3.63) is 0 Å². The van der Waals surface area contributed by atoms with Crippen LogP contribution in [0.1, 0.15) is 13.8 Å². The molecular formula is C8H14N6. The first-order chi connectivity index (χ1) is 6.59. The quantitative estimate of drug-likeness (QED) is 0.567. The molecule has 2 rings (SSSR count). The molecule has 0 spiro atoms. The van der Waals surface area contributed by atoms with Crippen molar-refractivity contribution in [2.24, 2.45) is 26.4 Å². The molecule has 0 fully saturated rings. The van der Waals surface area contributed by atoms with Crippen LogP contribution in [0.15, 0.2) is 15.0 Å². The summed E-state index contributed by atoms with van der Waals surface area (Å²) in [5.74, 6) is 0.682. The summed E-state index contributed by atoms with van der Waals surface area (Å²) in [6, 6.07) is 0.167. The molecule has 0 radical (unpaired) electrons. The van der Waals surface area contributed by atoms with Crippen LogP contribution >= 0.6 is 0 Å². The van der Waals surface area contributed by atoms with Gasteiger partial charge in [-0.3, -0.25) is 4.99 Å². The van der Waals surface area contributed by atoms with Gasteiger partial charge in [0.15, 0.2) is 6.17 Å². The van der Waals surface area contributed by atoms with Crippen molar-refractivity contribution >= 4 is 18.1 Å². The summed E-state index contributed by atoms with van der Waals surface area (Å²) in [4.78, 5) is 14.4. The van der Waals surface area contributed by atoms with Crippen molar-refractivity contribution < 1.29 is 0 Å². The molecule has 0 saturated heterocycles. The summed E-state index contributed by atoms with van der Waals surface area (Å²) in [5.41, 5.74) is 11.3. The summed E-state index contributed by atoms with van der Waals surface area (Å²) in [5, 5.41) is 0. The Hall–Kier alpha value is -1.59. The number of rotatable bonds is 1. The Balaban J connectivity index is 2.28. The van der Waals surface area contributed by atoms with Gasteiger partial charge < -0.3 is 16.4 Å². The summed E-state index contributed by atoms with van der Waals surface area (Å²) >= 11 is 0. The van der Waals surface area contributed by atoms with Crippen molar-refractivity contribution in [3.63, 3.8) is 0 Å². The van der Waals surface area contributed by atoms with Crippen molar-refractivity contribution in [3.8, 4) is 0 Å². The van der Waals surface area contributed by atoms with E-state index in [9.17, 15) is 0 Å². The van der Waals surface area contributed by atoms with Crippen molar-refractivity contribution in [1.82, 2.24) is 4.90 Å². The lowest BCUT2D eigenvalue weighted by Crippen LogP contribution is -2.48. The van der Waals surface area contributed by atoms with Crippen molar-refractivity contribution in [2.45, 2.75) is 32.1 Å². The van der Waals surface area contributed by atoms with Gasteiger partial charge in [0.25, 0.3) is 0 Å². The van der Waals surface area contributed by atoms with E-state index in [1.54, 1.807) is 6.34 Å². The van der Waals surface area contributed by atoms with E-state index in [1.807, 2.05) is 4.90 Å².